The summed E-state index contributed by atoms with van der Waals surface area (Å²) in [5, 5.41) is 18.4. The molecule has 0 amide bonds. The van der Waals surface area contributed by atoms with Gasteiger partial charge in [0.15, 0.2) is 0 Å². The summed E-state index contributed by atoms with van der Waals surface area (Å²) in [6, 6.07) is 6.40. The molecule has 1 rings (SSSR count). The molecule has 0 heterocycles. The van der Waals surface area contributed by atoms with Gasteiger partial charge in [-0.25, -0.2) is 4.79 Å². The molecule has 0 aromatic heterocycles. The number of hydrogen-bond donors (Lipinski definition) is 2. The minimum Gasteiger partial charge on any atom is -0.491 e. The minimum atomic E-state index is -0.935. The van der Waals surface area contributed by atoms with Crippen molar-refractivity contribution in [1.82, 2.24) is 0 Å². The largest absolute Gasteiger partial charge is 0.491 e. The van der Waals surface area contributed by atoms with Crippen LogP contribution in [0.25, 0.3) is 0 Å². The predicted octanol–water partition coefficient (Wildman–Crippen LogP) is 0.984. The molecule has 5 nitrogen and oxygen atoms in total. The van der Waals surface area contributed by atoms with E-state index in [0.717, 1.165) is 0 Å². The summed E-state index contributed by atoms with van der Waals surface area (Å²) >= 11 is 0. The van der Waals surface area contributed by atoms with Crippen molar-refractivity contribution < 1.29 is 24.5 Å². The Hall–Kier alpha value is -1.59. The Morgan fingerprint density at radius 2 is 1.89 bits per heavy atom. The second kappa shape index (κ2) is 6.98. The third kappa shape index (κ3) is 4.35. The molecule has 2 N–H and O–H groups in total. The van der Waals surface area contributed by atoms with E-state index in [4.69, 9.17) is 14.6 Å². The molecule has 18 heavy (non-hydrogen) atoms. The Morgan fingerprint density at radius 1 is 1.28 bits per heavy atom. The lowest BCUT2D eigenvalue weighted by atomic mass is 10.2. The van der Waals surface area contributed by atoms with E-state index in [1.807, 2.05) is 0 Å². The van der Waals surface area contributed by atoms with Crippen LogP contribution in [-0.4, -0.2) is 41.6 Å². The molecule has 0 fully saturated rings. The Labute approximate surface area is 106 Å². The van der Waals surface area contributed by atoms with Gasteiger partial charge in [-0.2, -0.15) is 0 Å². The first-order chi connectivity index (χ1) is 8.54. The number of aliphatic hydroxyl groups excluding tert-OH is 2. The van der Waals surface area contributed by atoms with Gasteiger partial charge in [-0.3, -0.25) is 0 Å². The second-order valence-corrected chi connectivity index (χ2v) is 3.86. The lowest BCUT2D eigenvalue weighted by Gasteiger charge is -2.14. The molecule has 100 valence electrons. The van der Waals surface area contributed by atoms with Gasteiger partial charge >= 0.3 is 5.97 Å². The smallest absolute Gasteiger partial charge is 0.338 e. The molecule has 1 aromatic rings. The number of esters is 1. The van der Waals surface area contributed by atoms with Crippen LogP contribution in [0.4, 0.5) is 0 Å². The highest BCUT2D eigenvalue weighted by atomic mass is 16.5. The molecule has 0 aliphatic heterocycles. The summed E-state index contributed by atoms with van der Waals surface area (Å²) in [7, 11) is 0. The van der Waals surface area contributed by atoms with E-state index in [1.165, 1.54) is 6.92 Å². The van der Waals surface area contributed by atoms with Crippen molar-refractivity contribution in [3.05, 3.63) is 29.8 Å². The number of carbonyl (C=O) groups is 1. The summed E-state index contributed by atoms with van der Waals surface area (Å²) < 4.78 is 10.1. The third-order valence-corrected chi connectivity index (χ3v) is 2.34. The molecule has 2 atom stereocenters. The predicted molar refractivity (Wildman–Crippen MR) is 65.6 cm³/mol. The van der Waals surface area contributed by atoms with Crippen LogP contribution in [0.1, 0.15) is 24.2 Å². The topological polar surface area (TPSA) is 76.0 Å². The van der Waals surface area contributed by atoms with Gasteiger partial charge in [0.2, 0.25) is 0 Å². The van der Waals surface area contributed by atoms with E-state index in [1.54, 1.807) is 31.2 Å². The van der Waals surface area contributed by atoms with Crippen LogP contribution in [0.3, 0.4) is 0 Å². The Balaban J connectivity index is 2.53. The highest BCUT2D eigenvalue weighted by Crippen LogP contribution is 2.13. The Kier molecular flexibility index (Phi) is 5.61. The fourth-order valence-corrected chi connectivity index (χ4v) is 1.22. The van der Waals surface area contributed by atoms with Crippen molar-refractivity contribution in [2.24, 2.45) is 0 Å². The highest BCUT2D eigenvalue weighted by molar-refractivity contribution is 5.89. The number of benzene rings is 1. The molecule has 5 heteroatoms. The lowest BCUT2D eigenvalue weighted by molar-refractivity contribution is 0.00227. The first-order valence-corrected chi connectivity index (χ1v) is 5.80. The van der Waals surface area contributed by atoms with E-state index in [9.17, 15) is 9.90 Å². The minimum absolute atomic E-state index is 0.00355. The third-order valence-electron chi connectivity index (χ3n) is 2.34. The van der Waals surface area contributed by atoms with Crippen molar-refractivity contribution in [1.29, 1.82) is 0 Å². The van der Waals surface area contributed by atoms with Crippen LogP contribution in [0.15, 0.2) is 24.3 Å². The van der Waals surface area contributed by atoms with E-state index < -0.39 is 12.2 Å². The van der Waals surface area contributed by atoms with Crippen molar-refractivity contribution in [2.75, 3.05) is 13.2 Å². The zero-order valence-corrected chi connectivity index (χ0v) is 10.5. The van der Waals surface area contributed by atoms with Gasteiger partial charge in [0, 0.05) is 0 Å². The Morgan fingerprint density at radius 3 is 2.39 bits per heavy atom. The van der Waals surface area contributed by atoms with Gasteiger partial charge in [-0.15, -0.1) is 0 Å². The maximum atomic E-state index is 11.4. The normalized spacial score (nSPS) is 13.8. The summed E-state index contributed by atoms with van der Waals surface area (Å²) in [4.78, 5) is 11.4. The van der Waals surface area contributed by atoms with Crippen LogP contribution in [0.2, 0.25) is 0 Å². The molecule has 0 aliphatic carbocycles. The van der Waals surface area contributed by atoms with Crippen molar-refractivity contribution >= 4 is 5.97 Å². The van der Waals surface area contributed by atoms with Gasteiger partial charge in [0.1, 0.15) is 18.5 Å². The molecule has 1 aromatic carbocycles. The fraction of sp³-hybridized carbons (Fsp3) is 0.462. The molecule has 0 spiro atoms. The van der Waals surface area contributed by atoms with Crippen LogP contribution < -0.4 is 4.74 Å². The van der Waals surface area contributed by atoms with Crippen LogP contribution in [0.5, 0.6) is 5.75 Å². The van der Waals surface area contributed by atoms with Gasteiger partial charge in [0.25, 0.3) is 0 Å². The summed E-state index contributed by atoms with van der Waals surface area (Å²) in [5.74, 6) is 0.135. The average molecular weight is 254 g/mol. The van der Waals surface area contributed by atoms with Crippen molar-refractivity contribution in [3.63, 3.8) is 0 Å². The first kappa shape index (κ1) is 14.5. The maximum Gasteiger partial charge on any atom is 0.338 e. The van der Waals surface area contributed by atoms with E-state index in [2.05, 4.69) is 0 Å². The van der Waals surface area contributed by atoms with Crippen LogP contribution in [0, 0.1) is 0 Å². The van der Waals surface area contributed by atoms with E-state index >= 15 is 0 Å². The molecular weight excluding hydrogens is 236 g/mol. The lowest BCUT2D eigenvalue weighted by Crippen LogP contribution is -2.29. The quantitative estimate of drug-likeness (QED) is 0.740. The van der Waals surface area contributed by atoms with E-state index in [-0.39, 0.29) is 12.6 Å². The van der Waals surface area contributed by atoms with Gasteiger partial charge in [-0.05, 0) is 38.1 Å². The molecule has 0 aliphatic rings. The van der Waals surface area contributed by atoms with Crippen molar-refractivity contribution in [2.45, 2.75) is 26.1 Å². The molecule has 0 bridgehead atoms. The van der Waals surface area contributed by atoms with Crippen LogP contribution >= 0.6 is 0 Å². The number of ether oxygens (including phenoxy) is 2. The van der Waals surface area contributed by atoms with Crippen molar-refractivity contribution in [3.8, 4) is 5.75 Å². The first-order valence-electron chi connectivity index (χ1n) is 5.80. The van der Waals surface area contributed by atoms with Gasteiger partial charge < -0.3 is 19.7 Å². The van der Waals surface area contributed by atoms with Gasteiger partial charge in [-0.1, -0.05) is 0 Å². The SMILES string of the molecule is CCOC(=O)c1ccc(OCC(O)C(C)O)cc1. The number of carbonyl (C=O) groups excluding carboxylic acids is 1. The second-order valence-electron chi connectivity index (χ2n) is 3.86. The standard InChI is InChI=1S/C13H18O5/c1-3-17-13(16)10-4-6-11(7-5-10)18-8-12(15)9(2)14/h4-7,9,12,14-15H,3,8H2,1-2H3. The molecule has 2 unspecified atom stereocenters. The zero-order chi connectivity index (χ0) is 13.5. The molecular formula is C13H18O5. The number of aliphatic hydroxyl groups is 2. The molecule has 0 radical (unpaired) electrons. The summed E-state index contributed by atoms with van der Waals surface area (Å²) in [6.07, 6.45) is -1.78. The highest BCUT2D eigenvalue weighted by Gasteiger charge is 2.12. The van der Waals surface area contributed by atoms with Gasteiger partial charge in [0.05, 0.1) is 18.3 Å². The fourth-order valence-electron chi connectivity index (χ4n) is 1.22. The Bertz CT molecular complexity index is 371. The molecule has 0 saturated carbocycles. The number of hydrogen-bond acceptors (Lipinski definition) is 5. The summed E-state index contributed by atoms with van der Waals surface area (Å²) in [6.45, 7) is 3.55. The zero-order valence-electron chi connectivity index (χ0n) is 10.5. The monoisotopic (exact) mass is 254 g/mol. The van der Waals surface area contributed by atoms with E-state index in [0.29, 0.717) is 17.9 Å². The summed E-state index contributed by atoms with van der Waals surface area (Å²) in [5.41, 5.74) is 0.445. The molecule has 0 saturated heterocycles. The van der Waals surface area contributed by atoms with Crippen LogP contribution in [-0.2, 0) is 4.74 Å². The number of rotatable bonds is 6. The average Bonchev–Trinajstić information content (AvgIpc) is 2.36. The maximum absolute atomic E-state index is 11.4.